The van der Waals surface area contributed by atoms with Crippen molar-refractivity contribution < 1.29 is 19.0 Å². The summed E-state index contributed by atoms with van der Waals surface area (Å²) in [4.78, 5) is 12.8. The number of hydrogen-bond acceptors (Lipinski definition) is 5. The van der Waals surface area contributed by atoms with E-state index < -0.39 is 0 Å². The molecule has 0 bridgehead atoms. The molecule has 32 heavy (non-hydrogen) atoms. The Hall–Kier alpha value is -2.53. The van der Waals surface area contributed by atoms with Gasteiger partial charge in [-0.15, -0.1) is 0 Å². The van der Waals surface area contributed by atoms with E-state index in [1.165, 1.54) is 16.7 Å². The van der Waals surface area contributed by atoms with Gasteiger partial charge in [0.2, 0.25) is 0 Å². The summed E-state index contributed by atoms with van der Waals surface area (Å²) in [6.07, 6.45) is 5.23. The van der Waals surface area contributed by atoms with Crippen LogP contribution in [0.15, 0.2) is 30.3 Å². The Kier molecular flexibility index (Phi) is 8.98. The Morgan fingerprint density at radius 1 is 0.938 bits per heavy atom. The maximum absolute atomic E-state index is 12.8. The lowest BCUT2D eigenvalue weighted by Gasteiger charge is -2.13. The van der Waals surface area contributed by atoms with Crippen LogP contribution in [0, 0.1) is 19.8 Å². The molecule has 1 aliphatic carbocycles. The zero-order chi connectivity index (χ0) is 22.9. The molecule has 174 valence electrons. The van der Waals surface area contributed by atoms with E-state index in [0.29, 0.717) is 24.6 Å². The van der Waals surface area contributed by atoms with Crippen molar-refractivity contribution in [2.75, 3.05) is 33.9 Å². The van der Waals surface area contributed by atoms with Crippen LogP contribution >= 0.6 is 0 Å². The molecule has 2 aromatic rings. The number of Topliss-reactive ketones (excluding diaryl/α,β-unsaturated/α-hetero) is 1. The van der Waals surface area contributed by atoms with Crippen molar-refractivity contribution in [2.45, 2.75) is 52.4 Å². The first kappa shape index (κ1) is 24.1. The number of fused-ring (bicyclic) bond motifs is 1. The third kappa shape index (κ3) is 6.49. The van der Waals surface area contributed by atoms with Gasteiger partial charge in [0.1, 0.15) is 11.5 Å². The molecule has 0 radical (unpaired) electrons. The van der Waals surface area contributed by atoms with Gasteiger partial charge >= 0.3 is 0 Å². The molecule has 1 aliphatic rings. The van der Waals surface area contributed by atoms with Gasteiger partial charge in [0.15, 0.2) is 11.5 Å². The molecule has 1 atom stereocenters. The summed E-state index contributed by atoms with van der Waals surface area (Å²) >= 11 is 0. The normalized spacial score (nSPS) is 15.8. The summed E-state index contributed by atoms with van der Waals surface area (Å²) in [5.41, 5.74) is 4.84. The first-order valence-electron chi connectivity index (χ1n) is 11.7. The zero-order valence-electron chi connectivity index (χ0n) is 20.0. The van der Waals surface area contributed by atoms with E-state index >= 15 is 0 Å². The smallest absolute Gasteiger partial charge is 0.161 e. The van der Waals surface area contributed by atoms with E-state index in [2.05, 4.69) is 31.3 Å². The summed E-state index contributed by atoms with van der Waals surface area (Å²) in [6, 6.07) is 10.2. The van der Waals surface area contributed by atoms with Crippen LogP contribution in [0.2, 0.25) is 0 Å². The van der Waals surface area contributed by atoms with Gasteiger partial charge in [-0.3, -0.25) is 4.79 Å². The van der Waals surface area contributed by atoms with Gasteiger partial charge in [-0.2, -0.15) is 0 Å². The second kappa shape index (κ2) is 11.9. The summed E-state index contributed by atoms with van der Waals surface area (Å²) < 4.78 is 16.7. The highest BCUT2D eigenvalue weighted by Gasteiger charge is 2.25. The minimum atomic E-state index is 0.134. The molecule has 0 heterocycles. The van der Waals surface area contributed by atoms with Gasteiger partial charge in [-0.25, -0.2) is 0 Å². The molecule has 1 N–H and O–H groups in total. The molecule has 0 saturated carbocycles. The first-order chi connectivity index (χ1) is 15.5. The van der Waals surface area contributed by atoms with E-state index in [4.69, 9.17) is 14.2 Å². The van der Waals surface area contributed by atoms with Gasteiger partial charge in [-0.1, -0.05) is 6.07 Å². The van der Waals surface area contributed by atoms with E-state index in [1.807, 2.05) is 18.2 Å². The second-order valence-electron chi connectivity index (χ2n) is 8.69. The highest BCUT2D eigenvalue weighted by molar-refractivity contribution is 5.84. The molecule has 1 unspecified atom stereocenters. The lowest BCUT2D eigenvalue weighted by atomic mass is 9.93. The molecule has 0 fully saturated rings. The average Bonchev–Trinajstić information content (AvgIpc) is 2.94. The summed E-state index contributed by atoms with van der Waals surface area (Å²) in [7, 11) is 3.28. The number of methoxy groups -OCH3 is 2. The first-order valence-corrected chi connectivity index (χ1v) is 11.7. The standard InChI is InChI=1S/C27H37NO4/c1-19-8-11-24(15-20(19)2)32-14-6-13-28-12-5-7-21-9-10-22-17-26(30-3)27(31-4)18-23(22)16-25(21)29/h8,11,15,17-18,21,28H,5-7,9-10,12-14,16H2,1-4H3. The topological polar surface area (TPSA) is 56.8 Å². The highest BCUT2D eigenvalue weighted by atomic mass is 16.5. The van der Waals surface area contributed by atoms with Gasteiger partial charge in [0.25, 0.3) is 0 Å². The third-order valence-corrected chi connectivity index (χ3v) is 6.44. The average molecular weight is 440 g/mol. The van der Waals surface area contributed by atoms with E-state index in [9.17, 15) is 4.79 Å². The Morgan fingerprint density at radius 2 is 1.66 bits per heavy atom. The van der Waals surface area contributed by atoms with Crippen LogP contribution in [-0.2, 0) is 17.6 Å². The van der Waals surface area contributed by atoms with Crippen LogP contribution in [0.5, 0.6) is 17.2 Å². The van der Waals surface area contributed by atoms with Crippen molar-refractivity contribution in [3.05, 3.63) is 52.6 Å². The Morgan fingerprint density at radius 3 is 2.38 bits per heavy atom. The Labute approximate surface area is 192 Å². The van der Waals surface area contributed by atoms with E-state index in [-0.39, 0.29) is 5.92 Å². The number of ether oxygens (including phenoxy) is 3. The van der Waals surface area contributed by atoms with Crippen molar-refractivity contribution in [3.8, 4) is 17.2 Å². The molecule has 3 rings (SSSR count). The Bertz CT molecular complexity index is 909. The highest BCUT2D eigenvalue weighted by Crippen LogP contribution is 2.34. The number of hydrogen-bond donors (Lipinski definition) is 1. The van der Waals surface area contributed by atoms with Crippen LogP contribution in [0.4, 0.5) is 0 Å². The quantitative estimate of drug-likeness (QED) is 0.401. The number of carbonyl (C=O) groups excluding carboxylic acids is 1. The van der Waals surface area contributed by atoms with Crippen molar-refractivity contribution in [3.63, 3.8) is 0 Å². The predicted molar refractivity (Wildman–Crippen MR) is 128 cm³/mol. The minimum absolute atomic E-state index is 0.134. The van der Waals surface area contributed by atoms with Gasteiger partial charge < -0.3 is 19.5 Å². The number of nitrogens with one attached hydrogen (secondary N) is 1. The Balaban J connectivity index is 1.34. The van der Waals surface area contributed by atoms with Crippen LogP contribution in [0.3, 0.4) is 0 Å². The maximum atomic E-state index is 12.8. The fourth-order valence-corrected chi connectivity index (χ4v) is 4.28. The molecular weight excluding hydrogens is 402 g/mol. The largest absolute Gasteiger partial charge is 0.494 e. The summed E-state index contributed by atoms with van der Waals surface area (Å²) in [5.74, 6) is 2.86. The zero-order valence-corrected chi connectivity index (χ0v) is 20.0. The lowest BCUT2D eigenvalue weighted by Crippen LogP contribution is -2.21. The molecule has 0 amide bonds. The second-order valence-corrected chi connectivity index (χ2v) is 8.69. The van der Waals surface area contributed by atoms with Gasteiger partial charge in [-0.05, 0) is 106 Å². The summed E-state index contributed by atoms with van der Waals surface area (Å²) in [6.45, 7) is 6.78. The molecular formula is C27H37NO4. The van der Waals surface area contributed by atoms with E-state index in [0.717, 1.165) is 62.3 Å². The van der Waals surface area contributed by atoms with E-state index in [1.54, 1.807) is 14.2 Å². The van der Waals surface area contributed by atoms with Crippen LogP contribution in [0.25, 0.3) is 0 Å². The predicted octanol–water partition coefficient (Wildman–Crippen LogP) is 4.83. The fraction of sp³-hybridized carbons (Fsp3) is 0.519. The SMILES string of the molecule is COc1cc2c(cc1OC)CC(=O)C(CCCNCCCOc1ccc(C)c(C)c1)CC2. The molecule has 0 aromatic heterocycles. The van der Waals surface area contributed by atoms with Crippen LogP contribution in [-0.4, -0.2) is 39.7 Å². The van der Waals surface area contributed by atoms with Crippen LogP contribution in [0.1, 0.15) is 47.9 Å². The van der Waals surface area contributed by atoms with Gasteiger partial charge in [0, 0.05) is 12.3 Å². The number of aryl methyl sites for hydroxylation is 3. The van der Waals surface area contributed by atoms with Crippen molar-refractivity contribution in [1.29, 1.82) is 0 Å². The number of rotatable bonds is 11. The van der Waals surface area contributed by atoms with Crippen LogP contribution < -0.4 is 19.5 Å². The van der Waals surface area contributed by atoms with Crippen molar-refractivity contribution in [2.24, 2.45) is 5.92 Å². The van der Waals surface area contributed by atoms with Crippen molar-refractivity contribution in [1.82, 2.24) is 5.32 Å². The molecule has 2 aromatic carbocycles. The number of carbonyl (C=O) groups is 1. The summed E-state index contributed by atoms with van der Waals surface area (Å²) in [5, 5.41) is 3.49. The van der Waals surface area contributed by atoms with Gasteiger partial charge in [0.05, 0.1) is 20.8 Å². The maximum Gasteiger partial charge on any atom is 0.161 e. The minimum Gasteiger partial charge on any atom is -0.494 e. The number of ketones is 1. The molecule has 5 heteroatoms. The number of benzene rings is 2. The molecule has 0 spiro atoms. The van der Waals surface area contributed by atoms with Crippen molar-refractivity contribution >= 4 is 5.78 Å². The fourth-order valence-electron chi connectivity index (χ4n) is 4.28. The lowest BCUT2D eigenvalue weighted by molar-refractivity contribution is -0.122. The molecule has 0 aliphatic heterocycles. The third-order valence-electron chi connectivity index (χ3n) is 6.44. The molecule has 0 saturated heterocycles. The monoisotopic (exact) mass is 439 g/mol. The molecule has 5 nitrogen and oxygen atoms in total.